The van der Waals surface area contributed by atoms with Crippen molar-refractivity contribution >= 4 is 29.0 Å². The molecule has 0 saturated heterocycles. The highest BCUT2D eigenvalue weighted by molar-refractivity contribution is 7.98. The lowest BCUT2D eigenvalue weighted by Gasteiger charge is -2.29. The van der Waals surface area contributed by atoms with Gasteiger partial charge in [0, 0.05) is 10.6 Å². The highest BCUT2D eigenvalue weighted by atomic mass is 32.2. The summed E-state index contributed by atoms with van der Waals surface area (Å²) in [5.41, 5.74) is 0.331. The lowest BCUT2D eigenvalue weighted by molar-refractivity contribution is 0.0656. The Bertz CT molecular complexity index is 423. The first-order valence-electron chi connectivity index (χ1n) is 6.37. The molecule has 0 saturated carbocycles. The number of amides is 1. The zero-order valence-corrected chi connectivity index (χ0v) is 12.6. The third-order valence-electron chi connectivity index (χ3n) is 3.51. The van der Waals surface area contributed by atoms with Gasteiger partial charge in [0.2, 0.25) is 0 Å². The summed E-state index contributed by atoms with van der Waals surface area (Å²) in [5, 5.41) is 21.5. The minimum atomic E-state index is -0.920. The van der Waals surface area contributed by atoms with Crippen LogP contribution in [0.25, 0.3) is 0 Å². The van der Waals surface area contributed by atoms with Gasteiger partial charge in [-0.2, -0.15) is 11.8 Å². The van der Waals surface area contributed by atoms with Crippen LogP contribution in [0.15, 0.2) is 6.07 Å². The molecule has 1 aromatic rings. The van der Waals surface area contributed by atoms with Crippen LogP contribution >= 0.6 is 23.1 Å². The molecule has 1 aliphatic rings. The Morgan fingerprint density at radius 1 is 1.47 bits per heavy atom. The third-order valence-corrected chi connectivity index (χ3v) is 5.76. The van der Waals surface area contributed by atoms with E-state index < -0.39 is 5.54 Å². The van der Waals surface area contributed by atoms with Crippen LogP contribution in [0.3, 0.4) is 0 Å². The number of aryl methyl sites for hydroxylation is 1. The lowest BCUT2D eigenvalue weighted by Crippen LogP contribution is -2.53. The first kappa shape index (κ1) is 14.8. The summed E-state index contributed by atoms with van der Waals surface area (Å²) >= 11 is 3.41. The number of hydrogen-bond acceptors (Lipinski definition) is 5. The van der Waals surface area contributed by atoms with Gasteiger partial charge in [-0.3, -0.25) is 4.79 Å². The van der Waals surface area contributed by atoms with Crippen molar-refractivity contribution in [2.45, 2.75) is 31.1 Å². The standard InChI is InChI=1S/C13H19NO3S2/c1-2-13(7-15,8-16)14-12(17)11-5-9-6-18-4-3-10(9)19-11/h5,15-16H,2-4,6-8H2,1H3,(H,14,17). The van der Waals surface area contributed by atoms with E-state index in [1.165, 1.54) is 21.8 Å². The zero-order chi connectivity index (χ0) is 13.9. The molecule has 4 nitrogen and oxygen atoms in total. The molecule has 0 aromatic carbocycles. The van der Waals surface area contributed by atoms with Crippen LogP contribution in [0.4, 0.5) is 0 Å². The molecule has 0 spiro atoms. The van der Waals surface area contributed by atoms with E-state index in [0.29, 0.717) is 11.3 Å². The average molecular weight is 301 g/mol. The van der Waals surface area contributed by atoms with Crippen molar-refractivity contribution in [3.63, 3.8) is 0 Å². The molecule has 19 heavy (non-hydrogen) atoms. The van der Waals surface area contributed by atoms with E-state index in [0.717, 1.165) is 17.9 Å². The van der Waals surface area contributed by atoms with Crippen LogP contribution in [-0.2, 0) is 12.2 Å². The second kappa shape index (κ2) is 6.26. The van der Waals surface area contributed by atoms with Crippen molar-refractivity contribution in [2.75, 3.05) is 19.0 Å². The van der Waals surface area contributed by atoms with Crippen LogP contribution in [0.5, 0.6) is 0 Å². The van der Waals surface area contributed by atoms with E-state index in [1.54, 1.807) is 0 Å². The van der Waals surface area contributed by atoms with Gasteiger partial charge in [-0.25, -0.2) is 0 Å². The number of nitrogens with one attached hydrogen (secondary N) is 1. The summed E-state index contributed by atoms with van der Waals surface area (Å²) in [4.78, 5) is 14.2. The summed E-state index contributed by atoms with van der Waals surface area (Å²) in [7, 11) is 0. The third kappa shape index (κ3) is 3.13. The Kier molecular flexibility index (Phi) is 4.89. The molecule has 3 N–H and O–H groups in total. The average Bonchev–Trinajstić information content (AvgIpc) is 2.89. The molecule has 0 bridgehead atoms. The van der Waals surface area contributed by atoms with Crippen molar-refractivity contribution in [3.8, 4) is 0 Å². The molecule has 2 heterocycles. The first-order chi connectivity index (χ1) is 9.14. The molecule has 1 aromatic heterocycles. The number of carbonyl (C=O) groups is 1. The van der Waals surface area contributed by atoms with Gasteiger partial charge in [0.15, 0.2) is 0 Å². The van der Waals surface area contributed by atoms with Gasteiger partial charge in [-0.15, -0.1) is 11.3 Å². The monoisotopic (exact) mass is 301 g/mol. The molecule has 1 amide bonds. The summed E-state index contributed by atoms with van der Waals surface area (Å²) in [5.74, 6) is 1.88. The van der Waals surface area contributed by atoms with Gasteiger partial charge in [-0.1, -0.05) is 6.92 Å². The smallest absolute Gasteiger partial charge is 0.261 e. The molecular formula is C13H19NO3S2. The molecule has 0 unspecified atom stereocenters. The second-order valence-electron chi connectivity index (χ2n) is 4.77. The number of rotatable bonds is 5. The number of thiophene rings is 1. The van der Waals surface area contributed by atoms with E-state index in [9.17, 15) is 15.0 Å². The van der Waals surface area contributed by atoms with Gasteiger partial charge < -0.3 is 15.5 Å². The second-order valence-corrected chi connectivity index (χ2v) is 7.01. The molecule has 0 radical (unpaired) electrons. The first-order valence-corrected chi connectivity index (χ1v) is 8.35. The van der Waals surface area contributed by atoms with E-state index in [1.807, 2.05) is 24.8 Å². The Balaban J connectivity index is 2.13. The van der Waals surface area contributed by atoms with Gasteiger partial charge >= 0.3 is 0 Å². The maximum Gasteiger partial charge on any atom is 0.261 e. The minimum absolute atomic E-state index is 0.200. The Morgan fingerprint density at radius 2 is 2.21 bits per heavy atom. The van der Waals surface area contributed by atoms with Crippen LogP contribution in [0.1, 0.15) is 33.5 Å². The maximum atomic E-state index is 12.2. The summed E-state index contributed by atoms with van der Waals surface area (Å²) < 4.78 is 0. The molecule has 1 aliphatic heterocycles. The number of fused-ring (bicyclic) bond motifs is 1. The fourth-order valence-electron chi connectivity index (χ4n) is 2.00. The highest BCUT2D eigenvalue weighted by Gasteiger charge is 2.30. The largest absolute Gasteiger partial charge is 0.394 e. The highest BCUT2D eigenvalue weighted by Crippen LogP contribution is 2.31. The Labute approximate surface area is 121 Å². The lowest BCUT2D eigenvalue weighted by atomic mass is 9.98. The van der Waals surface area contributed by atoms with Crippen molar-refractivity contribution in [3.05, 3.63) is 21.4 Å². The SMILES string of the molecule is CCC(CO)(CO)NC(=O)c1cc2c(s1)CCSC2. The number of aliphatic hydroxyl groups excluding tert-OH is 2. The zero-order valence-electron chi connectivity index (χ0n) is 10.9. The molecule has 0 aliphatic carbocycles. The van der Waals surface area contributed by atoms with E-state index in [4.69, 9.17) is 0 Å². The quantitative estimate of drug-likeness (QED) is 0.769. The van der Waals surface area contributed by atoms with Crippen LogP contribution in [0, 0.1) is 0 Å². The normalized spacial score (nSPS) is 15.1. The van der Waals surface area contributed by atoms with Gasteiger partial charge in [-0.05, 0) is 30.2 Å². The fourth-order valence-corrected chi connectivity index (χ4v) is 4.27. The van der Waals surface area contributed by atoms with Crippen LogP contribution in [-0.4, -0.2) is 40.6 Å². The molecule has 0 fully saturated rings. The predicted octanol–water partition coefficient (Wildman–Crippen LogP) is 1.40. The van der Waals surface area contributed by atoms with Gasteiger partial charge in [0.1, 0.15) is 0 Å². The van der Waals surface area contributed by atoms with Crippen molar-refractivity contribution in [1.82, 2.24) is 5.32 Å². The topological polar surface area (TPSA) is 69.6 Å². The Hall–Kier alpha value is -0.560. The minimum Gasteiger partial charge on any atom is -0.394 e. The molecule has 6 heteroatoms. The maximum absolute atomic E-state index is 12.2. The van der Waals surface area contributed by atoms with E-state index >= 15 is 0 Å². The molecular weight excluding hydrogens is 282 g/mol. The van der Waals surface area contributed by atoms with E-state index in [-0.39, 0.29) is 19.1 Å². The predicted molar refractivity (Wildman–Crippen MR) is 78.8 cm³/mol. The number of aliphatic hydroxyl groups is 2. The number of hydrogen-bond donors (Lipinski definition) is 3. The number of carbonyl (C=O) groups excluding carboxylic acids is 1. The van der Waals surface area contributed by atoms with Crippen LogP contribution < -0.4 is 5.32 Å². The summed E-state index contributed by atoms with van der Waals surface area (Å²) in [6.07, 6.45) is 1.52. The summed E-state index contributed by atoms with van der Waals surface area (Å²) in [6.45, 7) is 1.32. The summed E-state index contributed by atoms with van der Waals surface area (Å²) in [6, 6.07) is 1.94. The Morgan fingerprint density at radius 3 is 2.79 bits per heavy atom. The molecule has 0 atom stereocenters. The molecule has 2 rings (SSSR count). The number of thioether (sulfide) groups is 1. The van der Waals surface area contributed by atoms with Crippen molar-refractivity contribution in [1.29, 1.82) is 0 Å². The van der Waals surface area contributed by atoms with Gasteiger partial charge in [0.25, 0.3) is 5.91 Å². The molecule has 106 valence electrons. The van der Waals surface area contributed by atoms with Crippen molar-refractivity contribution < 1.29 is 15.0 Å². The van der Waals surface area contributed by atoms with E-state index in [2.05, 4.69) is 5.32 Å². The van der Waals surface area contributed by atoms with Gasteiger partial charge in [0.05, 0.1) is 23.6 Å². The van der Waals surface area contributed by atoms with Crippen molar-refractivity contribution in [2.24, 2.45) is 0 Å². The van der Waals surface area contributed by atoms with Crippen LogP contribution in [0.2, 0.25) is 0 Å². The fraction of sp³-hybridized carbons (Fsp3) is 0.615.